The van der Waals surface area contributed by atoms with Crippen molar-refractivity contribution >= 4 is 5.69 Å². The molecular formula is C22H29FN4O. The third-order valence-electron chi connectivity index (χ3n) is 5.96. The van der Waals surface area contributed by atoms with E-state index in [1.165, 1.54) is 6.07 Å². The van der Waals surface area contributed by atoms with Gasteiger partial charge < -0.3 is 15.0 Å². The van der Waals surface area contributed by atoms with Crippen molar-refractivity contribution in [1.82, 2.24) is 14.8 Å². The first-order chi connectivity index (χ1) is 13.5. The standard InChI is InChI=1S/C22H29FN4O/c1-22(2,20-21(28-20)25-17-7-4-3-5-8-17)27-15-13-26(14-16-27)12-10-19-18(23)9-6-11-24-19/h3-9,11,20-21,25H,10,12-16H2,1-2H3. The maximum Gasteiger partial charge on any atom is 0.156 e. The van der Waals surface area contributed by atoms with E-state index in [4.69, 9.17) is 4.74 Å². The van der Waals surface area contributed by atoms with Crippen molar-refractivity contribution in [3.63, 3.8) is 0 Å². The number of benzene rings is 1. The van der Waals surface area contributed by atoms with E-state index in [1.54, 1.807) is 12.3 Å². The number of ether oxygens (including phenoxy) is 1. The van der Waals surface area contributed by atoms with Gasteiger partial charge in [-0.1, -0.05) is 18.2 Å². The Hall–Kier alpha value is -2.02. The van der Waals surface area contributed by atoms with E-state index < -0.39 is 0 Å². The Kier molecular flexibility index (Phi) is 5.62. The van der Waals surface area contributed by atoms with Crippen LogP contribution in [0, 0.1) is 5.82 Å². The Morgan fingerprint density at radius 3 is 2.57 bits per heavy atom. The van der Waals surface area contributed by atoms with Gasteiger partial charge in [0.05, 0.1) is 5.69 Å². The predicted molar refractivity (Wildman–Crippen MR) is 109 cm³/mol. The summed E-state index contributed by atoms with van der Waals surface area (Å²) in [5, 5.41) is 3.46. The zero-order valence-corrected chi connectivity index (χ0v) is 16.6. The van der Waals surface area contributed by atoms with Crippen LogP contribution in [-0.4, -0.2) is 65.4 Å². The van der Waals surface area contributed by atoms with Gasteiger partial charge in [-0.3, -0.25) is 9.88 Å². The van der Waals surface area contributed by atoms with Gasteiger partial charge in [0.1, 0.15) is 11.9 Å². The second-order valence-electron chi connectivity index (χ2n) is 8.15. The average molecular weight is 384 g/mol. The van der Waals surface area contributed by atoms with Gasteiger partial charge in [0.25, 0.3) is 0 Å². The molecule has 0 bridgehead atoms. The van der Waals surface area contributed by atoms with Crippen LogP contribution in [0.2, 0.25) is 0 Å². The van der Waals surface area contributed by atoms with Crippen LogP contribution in [0.3, 0.4) is 0 Å². The molecule has 28 heavy (non-hydrogen) atoms. The van der Waals surface area contributed by atoms with E-state index in [2.05, 4.69) is 46.1 Å². The van der Waals surface area contributed by atoms with Gasteiger partial charge in [-0.25, -0.2) is 4.39 Å². The molecule has 2 fully saturated rings. The molecule has 2 aliphatic rings. The molecule has 0 aliphatic carbocycles. The highest BCUT2D eigenvalue weighted by molar-refractivity contribution is 5.44. The second kappa shape index (κ2) is 8.15. The van der Waals surface area contributed by atoms with E-state index in [0.29, 0.717) is 12.1 Å². The Balaban J connectivity index is 1.24. The molecule has 150 valence electrons. The number of aromatic nitrogens is 1. The van der Waals surface area contributed by atoms with Crippen molar-refractivity contribution < 1.29 is 9.13 Å². The summed E-state index contributed by atoms with van der Waals surface area (Å²) in [4.78, 5) is 9.07. The number of hydrogen-bond donors (Lipinski definition) is 1. The lowest BCUT2D eigenvalue weighted by Crippen LogP contribution is -2.57. The summed E-state index contributed by atoms with van der Waals surface area (Å²) in [6, 6.07) is 13.3. The number of rotatable bonds is 7. The minimum Gasteiger partial charge on any atom is -0.358 e. The van der Waals surface area contributed by atoms with Crippen molar-refractivity contribution in [2.45, 2.75) is 38.1 Å². The van der Waals surface area contributed by atoms with Gasteiger partial charge in [-0.05, 0) is 38.1 Å². The summed E-state index contributed by atoms with van der Waals surface area (Å²) in [5.74, 6) is -0.204. The largest absolute Gasteiger partial charge is 0.358 e. The van der Waals surface area contributed by atoms with Crippen LogP contribution < -0.4 is 5.32 Å². The number of para-hydroxylation sites is 1. The quantitative estimate of drug-likeness (QED) is 0.744. The van der Waals surface area contributed by atoms with Crippen LogP contribution in [0.4, 0.5) is 10.1 Å². The zero-order valence-electron chi connectivity index (χ0n) is 16.6. The monoisotopic (exact) mass is 384 g/mol. The number of nitrogens with zero attached hydrogens (tertiary/aromatic N) is 3. The Morgan fingerprint density at radius 2 is 1.86 bits per heavy atom. The van der Waals surface area contributed by atoms with Crippen molar-refractivity contribution in [2.75, 3.05) is 38.0 Å². The van der Waals surface area contributed by atoms with Crippen molar-refractivity contribution in [1.29, 1.82) is 0 Å². The minimum absolute atomic E-state index is 0.0222. The van der Waals surface area contributed by atoms with E-state index in [0.717, 1.165) is 38.4 Å². The van der Waals surface area contributed by atoms with E-state index in [1.807, 2.05) is 18.2 Å². The fraction of sp³-hybridized carbons (Fsp3) is 0.500. The molecule has 0 amide bonds. The highest BCUT2D eigenvalue weighted by atomic mass is 19.1. The molecule has 1 aromatic carbocycles. The van der Waals surface area contributed by atoms with Crippen LogP contribution in [0.15, 0.2) is 48.7 Å². The highest BCUT2D eigenvalue weighted by Crippen LogP contribution is 2.37. The fourth-order valence-electron chi connectivity index (χ4n) is 4.05. The summed E-state index contributed by atoms with van der Waals surface area (Å²) < 4.78 is 19.7. The van der Waals surface area contributed by atoms with Crippen LogP contribution in [0.1, 0.15) is 19.5 Å². The predicted octanol–water partition coefficient (Wildman–Crippen LogP) is 3.00. The maximum atomic E-state index is 13.7. The van der Waals surface area contributed by atoms with Crippen molar-refractivity contribution in [3.05, 3.63) is 60.2 Å². The summed E-state index contributed by atoms with van der Waals surface area (Å²) in [6.07, 6.45) is 2.57. The number of anilines is 1. The number of epoxide rings is 1. The summed E-state index contributed by atoms with van der Waals surface area (Å²) in [5.41, 5.74) is 1.63. The Morgan fingerprint density at radius 1 is 1.11 bits per heavy atom. The molecule has 2 aromatic rings. The first-order valence-electron chi connectivity index (χ1n) is 10.1. The van der Waals surface area contributed by atoms with E-state index in [-0.39, 0.29) is 23.7 Å². The smallest absolute Gasteiger partial charge is 0.156 e. The molecule has 6 heteroatoms. The van der Waals surface area contributed by atoms with Crippen LogP contribution >= 0.6 is 0 Å². The summed E-state index contributed by atoms with van der Waals surface area (Å²) >= 11 is 0. The number of nitrogens with one attached hydrogen (secondary N) is 1. The second-order valence-corrected chi connectivity index (χ2v) is 8.15. The first-order valence-corrected chi connectivity index (χ1v) is 10.1. The number of halogens is 1. The van der Waals surface area contributed by atoms with E-state index in [9.17, 15) is 4.39 Å². The normalized spacial score (nSPS) is 23.5. The van der Waals surface area contributed by atoms with Gasteiger partial charge in [-0.2, -0.15) is 0 Å². The third kappa shape index (κ3) is 4.35. The number of pyridine rings is 1. The molecule has 2 unspecified atom stereocenters. The third-order valence-corrected chi connectivity index (χ3v) is 5.96. The van der Waals surface area contributed by atoms with Crippen molar-refractivity contribution in [3.8, 4) is 0 Å². The van der Waals surface area contributed by atoms with Crippen LogP contribution in [0.5, 0.6) is 0 Å². The van der Waals surface area contributed by atoms with Gasteiger partial charge in [0, 0.05) is 56.6 Å². The lowest BCUT2D eigenvalue weighted by molar-refractivity contribution is 0.0354. The number of piperazine rings is 1. The SMILES string of the molecule is CC(C)(C1OC1Nc1ccccc1)N1CCN(CCc2ncccc2F)CC1. The molecule has 0 radical (unpaired) electrons. The molecule has 3 heterocycles. The molecular weight excluding hydrogens is 355 g/mol. The highest BCUT2D eigenvalue weighted by Gasteiger charge is 2.52. The molecule has 2 saturated heterocycles. The molecule has 4 rings (SSSR count). The number of hydrogen-bond acceptors (Lipinski definition) is 5. The minimum atomic E-state index is -0.204. The molecule has 5 nitrogen and oxygen atoms in total. The zero-order chi connectivity index (χ0) is 19.6. The lowest BCUT2D eigenvalue weighted by atomic mass is 9.96. The van der Waals surface area contributed by atoms with Gasteiger partial charge in [0.2, 0.25) is 0 Å². The lowest BCUT2D eigenvalue weighted by Gasteiger charge is -2.43. The van der Waals surface area contributed by atoms with Crippen molar-refractivity contribution in [2.24, 2.45) is 0 Å². The molecule has 2 atom stereocenters. The fourth-order valence-corrected chi connectivity index (χ4v) is 4.05. The Bertz CT molecular complexity index is 777. The molecule has 1 N–H and O–H groups in total. The molecule has 0 spiro atoms. The maximum absolute atomic E-state index is 13.7. The molecule has 0 saturated carbocycles. The first kappa shape index (κ1) is 19.3. The summed E-state index contributed by atoms with van der Waals surface area (Å²) in [7, 11) is 0. The van der Waals surface area contributed by atoms with Gasteiger partial charge in [-0.15, -0.1) is 0 Å². The molecule has 2 aliphatic heterocycles. The average Bonchev–Trinajstić information content (AvgIpc) is 3.48. The topological polar surface area (TPSA) is 43.9 Å². The van der Waals surface area contributed by atoms with Gasteiger partial charge >= 0.3 is 0 Å². The van der Waals surface area contributed by atoms with E-state index >= 15 is 0 Å². The van der Waals surface area contributed by atoms with Gasteiger partial charge in [0.15, 0.2) is 6.23 Å². The summed E-state index contributed by atoms with van der Waals surface area (Å²) in [6.45, 7) is 9.35. The van der Waals surface area contributed by atoms with Crippen LogP contribution in [-0.2, 0) is 11.2 Å². The molecule has 1 aromatic heterocycles. The Labute approximate surface area is 166 Å². The van der Waals surface area contributed by atoms with Crippen LogP contribution in [0.25, 0.3) is 0 Å².